The molecule has 2 heterocycles. The molecule has 40 heavy (non-hydrogen) atoms. The Morgan fingerprint density at radius 3 is 2.52 bits per heavy atom. The largest absolute Gasteiger partial charge is 0.573 e. The molecule has 11 nitrogen and oxygen atoms in total. The van der Waals surface area contributed by atoms with Crippen molar-refractivity contribution in [2.45, 2.75) is 37.7 Å². The van der Waals surface area contributed by atoms with E-state index in [0.29, 0.717) is 19.5 Å². The van der Waals surface area contributed by atoms with Crippen LogP contribution < -0.4 is 21.5 Å². The van der Waals surface area contributed by atoms with Crippen molar-refractivity contribution in [1.29, 1.82) is 0 Å². The van der Waals surface area contributed by atoms with Crippen LogP contribution in [-0.4, -0.2) is 70.2 Å². The van der Waals surface area contributed by atoms with E-state index in [-0.39, 0.29) is 41.1 Å². The first-order valence-corrected chi connectivity index (χ1v) is 12.8. The number of carbonyl (C=O) groups excluding carboxylic acids is 3. The Morgan fingerprint density at radius 1 is 1.18 bits per heavy atom. The minimum Gasteiger partial charge on any atom is -0.511 e. The number of hydrogen-bond donors (Lipinski definition) is 6. The van der Waals surface area contributed by atoms with Crippen molar-refractivity contribution in [2.24, 2.45) is 35.1 Å². The molecule has 6 rings (SSSR count). The number of phenols is 1. The summed E-state index contributed by atoms with van der Waals surface area (Å²) in [7, 11) is 1.76. The molecule has 0 spiro atoms. The first kappa shape index (κ1) is 26.4. The molecule has 214 valence electrons. The van der Waals surface area contributed by atoms with Crippen LogP contribution in [0.5, 0.6) is 11.5 Å². The number of ketones is 2. The number of amides is 1. The van der Waals surface area contributed by atoms with Gasteiger partial charge in [0, 0.05) is 29.3 Å². The van der Waals surface area contributed by atoms with Crippen LogP contribution in [0.3, 0.4) is 0 Å². The predicted molar refractivity (Wildman–Crippen MR) is 131 cm³/mol. The molecular formula is C26H27F3N4O7. The van der Waals surface area contributed by atoms with Crippen LogP contribution in [0.1, 0.15) is 40.4 Å². The lowest BCUT2D eigenvalue weighted by Gasteiger charge is -2.44. The minimum atomic E-state index is -5.11. The third-order valence-corrected chi connectivity index (χ3v) is 9.09. The Labute approximate surface area is 225 Å². The summed E-state index contributed by atoms with van der Waals surface area (Å²) in [5.41, 5.74) is 9.78. The van der Waals surface area contributed by atoms with E-state index in [1.54, 1.807) is 7.05 Å². The fourth-order valence-corrected chi connectivity index (χ4v) is 7.45. The van der Waals surface area contributed by atoms with Gasteiger partial charge in [0.05, 0.1) is 23.2 Å². The Bertz CT molecular complexity index is 1450. The van der Waals surface area contributed by atoms with Gasteiger partial charge in [0.2, 0.25) is 0 Å². The van der Waals surface area contributed by atoms with Crippen molar-refractivity contribution >= 4 is 23.2 Å². The molecule has 2 aliphatic heterocycles. The summed E-state index contributed by atoms with van der Waals surface area (Å²) in [4.78, 5) is 40.7. The molecular weight excluding hydrogens is 537 g/mol. The monoisotopic (exact) mass is 564 g/mol. The van der Waals surface area contributed by atoms with Crippen molar-refractivity contribution in [2.75, 3.05) is 25.5 Å². The second-order valence-corrected chi connectivity index (χ2v) is 11.1. The van der Waals surface area contributed by atoms with Gasteiger partial charge in [-0.3, -0.25) is 19.3 Å². The number of hydrogen-bond acceptors (Lipinski definition) is 10. The van der Waals surface area contributed by atoms with Gasteiger partial charge in [-0.2, -0.15) is 0 Å². The van der Waals surface area contributed by atoms with Crippen molar-refractivity contribution in [1.82, 2.24) is 4.90 Å². The normalized spacial score (nSPS) is 31.6. The lowest BCUT2D eigenvalue weighted by atomic mass is 9.61. The molecule has 3 unspecified atom stereocenters. The number of alkyl halides is 3. The third-order valence-electron chi connectivity index (χ3n) is 9.09. The number of phenolic OH excluding ortho intramolecular Hbond substituents is 1. The number of ether oxygens (including phenoxy) is 1. The SMILES string of the molecule is CN1CCC2CNc3c(O)c4c(c(OC(F)(F)F)c3C21)C[C@H]1C[C@@H]2C(C(=O)C(C(N)=O)=C(O)[C@H]2N)C(O)=C1C4=O. The number of fused-ring (bicyclic) bond motifs is 6. The smallest absolute Gasteiger partial charge is 0.511 e. The minimum absolute atomic E-state index is 0.0480. The molecule has 1 saturated heterocycles. The van der Waals surface area contributed by atoms with Gasteiger partial charge in [0.25, 0.3) is 5.91 Å². The number of carbonyl (C=O) groups is 3. The molecule has 0 radical (unpaired) electrons. The number of nitrogens with two attached hydrogens (primary N) is 2. The second kappa shape index (κ2) is 8.61. The van der Waals surface area contributed by atoms with Crippen LogP contribution in [0.4, 0.5) is 18.9 Å². The van der Waals surface area contributed by atoms with E-state index in [4.69, 9.17) is 11.5 Å². The number of rotatable bonds is 2. The summed E-state index contributed by atoms with van der Waals surface area (Å²) in [6.45, 7) is 0.966. The maximum atomic E-state index is 13.9. The quantitative estimate of drug-likeness (QED) is 0.228. The zero-order chi connectivity index (χ0) is 29.0. The molecule has 0 saturated carbocycles. The van der Waals surface area contributed by atoms with Gasteiger partial charge in [-0.05, 0) is 50.6 Å². The summed E-state index contributed by atoms with van der Waals surface area (Å²) in [6.07, 6.45) is -4.73. The standard InChI is InChI=1S/C26H27F3N4O7/c1-33-3-2-7-6-32-17-14(18(7)33)24(40-26(27,28)29)10-5-8-4-9-12(19(34)11(8)20(35)13(10)23(17)38)21(36)15(25(31)39)22(37)16(9)30/h7-9,12,16,18,32,34,37-38H,2-6,30H2,1H3,(H2,31,39)/t7?,8-,9-,12?,16+,18?/m1/s1. The zero-order valence-electron chi connectivity index (χ0n) is 21.2. The van der Waals surface area contributed by atoms with Gasteiger partial charge < -0.3 is 36.8 Å². The number of nitrogens with zero attached hydrogens (tertiary/aromatic N) is 1. The van der Waals surface area contributed by atoms with E-state index in [9.17, 15) is 42.9 Å². The number of aromatic hydroxyl groups is 1. The molecule has 0 aromatic heterocycles. The predicted octanol–water partition coefficient (Wildman–Crippen LogP) is 1.72. The Morgan fingerprint density at radius 2 is 1.88 bits per heavy atom. The first-order chi connectivity index (χ1) is 18.7. The van der Waals surface area contributed by atoms with Crippen molar-refractivity contribution in [3.63, 3.8) is 0 Å². The van der Waals surface area contributed by atoms with Gasteiger partial charge in [-0.15, -0.1) is 13.2 Å². The number of anilines is 1. The van der Waals surface area contributed by atoms with E-state index in [0.717, 1.165) is 0 Å². The maximum Gasteiger partial charge on any atom is 0.573 e. The number of nitrogens with one attached hydrogen (secondary N) is 1. The Kier molecular flexibility index (Phi) is 5.69. The highest BCUT2D eigenvalue weighted by Crippen LogP contribution is 2.57. The fraction of sp³-hybridized carbons (Fsp3) is 0.500. The van der Waals surface area contributed by atoms with Gasteiger partial charge in [0.15, 0.2) is 17.3 Å². The third kappa shape index (κ3) is 3.54. The number of halogens is 3. The molecule has 3 aliphatic carbocycles. The molecule has 1 fully saturated rings. The molecule has 1 amide bonds. The number of Topliss-reactive ketones (excluding diaryl/α,β-unsaturated/α-hetero) is 2. The lowest BCUT2D eigenvalue weighted by molar-refractivity contribution is -0.275. The van der Waals surface area contributed by atoms with E-state index in [1.165, 1.54) is 0 Å². The topological polar surface area (TPSA) is 188 Å². The van der Waals surface area contributed by atoms with Crippen LogP contribution in [0, 0.1) is 23.7 Å². The van der Waals surface area contributed by atoms with E-state index >= 15 is 0 Å². The number of primary amides is 1. The first-order valence-electron chi connectivity index (χ1n) is 12.8. The molecule has 14 heteroatoms. The average molecular weight is 565 g/mol. The van der Waals surface area contributed by atoms with E-state index < -0.39 is 87.8 Å². The van der Waals surface area contributed by atoms with Gasteiger partial charge in [0.1, 0.15) is 22.8 Å². The molecule has 5 aliphatic rings. The lowest BCUT2D eigenvalue weighted by Crippen LogP contribution is -2.52. The number of likely N-dealkylation sites (tertiary alicyclic amines) is 1. The highest BCUT2D eigenvalue weighted by atomic mass is 19.4. The second-order valence-electron chi connectivity index (χ2n) is 11.1. The number of allylic oxidation sites excluding steroid dienone is 2. The molecule has 1 aromatic rings. The summed E-state index contributed by atoms with van der Waals surface area (Å²) in [6, 6.07) is -1.80. The maximum absolute atomic E-state index is 13.9. The summed E-state index contributed by atoms with van der Waals surface area (Å²) < 4.78 is 46.0. The van der Waals surface area contributed by atoms with Crippen molar-refractivity contribution < 1.29 is 47.6 Å². The van der Waals surface area contributed by atoms with Crippen LogP contribution in [0.15, 0.2) is 22.7 Å². The van der Waals surface area contributed by atoms with Gasteiger partial charge in [-0.1, -0.05) is 0 Å². The molecule has 0 bridgehead atoms. The number of aliphatic hydroxyl groups excluding tert-OH is 2. The van der Waals surface area contributed by atoms with E-state index in [1.807, 2.05) is 4.90 Å². The van der Waals surface area contributed by atoms with Crippen molar-refractivity contribution in [3.8, 4) is 11.5 Å². The highest BCUT2D eigenvalue weighted by molar-refractivity contribution is 6.22. The molecule has 8 N–H and O–H groups in total. The average Bonchev–Trinajstić information content (AvgIpc) is 3.24. The van der Waals surface area contributed by atoms with Crippen LogP contribution >= 0.6 is 0 Å². The highest BCUT2D eigenvalue weighted by Gasteiger charge is 2.54. The number of benzene rings is 1. The van der Waals surface area contributed by atoms with Gasteiger partial charge in [-0.25, -0.2) is 0 Å². The van der Waals surface area contributed by atoms with Crippen LogP contribution in [-0.2, 0) is 16.0 Å². The molecule has 6 atom stereocenters. The Balaban J connectivity index is 1.55. The molecule has 1 aromatic carbocycles. The summed E-state index contributed by atoms with van der Waals surface area (Å²) in [5, 5.41) is 35.9. The van der Waals surface area contributed by atoms with E-state index in [2.05, 4.69) is 10.1 Å². The van der Waals surface area contributed by atoms with Gasteiger partial charge >= 0.3 is 6.36 Å². The van der Waals surface area contributed by atoms with Crippen LogP contribution in [0.2, 0.25) is 0 Å². The summed E-state index contributed by atoms with van der Waals surface area (Å²) in [5.74, 6) is -9.21. The summed E-state index contributed by atoms with van der Waals surface area (Å²) >= 11 is 0. The van der Waals surface area contributed by atoms with Crippen molar-refractivity contribution in [3.05, 3.63) is 39.4 Å². The van der Waals surface area contributed by atoms with Crippen LogP contribution in [0.25, 0.3) is 0 Å². The number of aliphatic hydroxyl groups is 2. The Hall–Kier alpha value is -3.78. The fourth-order valence-electron chi connectivity index (χ4n) is 7.45. The zero-order valence-corrected chi connectivity index (χ0v) is 21.2.